The highest BCUT2D eigenvalue weighted by molar-refractivity contribution is 7.99. The van der Waals surface area contributed by atoms with Gasteiger partial charge in [0.1, 0.15) is 0 Å². The Labute approximate surface area is 217 Å². The normalized spacial score (nSPS) is 27.2. The summed E-state index contributed by atoms with van der Waals surface area (Å²) in [6.07, 6.45) is 1.41. The molecule has 5 atom stereocenters. The molecule has 2 N–H and O–H groups in total. The molecule has 1 spiro atoms. The van der Waals surface area contributed by atoms with Crippen molar-refractivity contribution in [3.05, 3.63) is 132 Å². The van der Waals surface area contributed by atoms with Crippen molar-refractivity contribution in [2.45, 2.75) is 46.8 Å². The molecule has 2 fully saturated rings. The molecule has 36 heavy (non-hydrogen) atoms. The van der Waals surface area contributed by atoms with Crippen LogP contribution < -0.4 is 10.6 Å². The number of hydrogen-bond donors (Lipinski definition) is 2. The molecule has 180 valence electrons. The average Bonchev–Trinajstić information content (AvgIpc) is 3.56. The third-order valence-electron chi connectivity index (χ3n) is 8.37. The fourth-order valence-electron chi connectivity index (χ4n) is 6.91. The number of hydrogen-bond acceptors (Lipinski definition) is 4. The number of rotatable bonds is 6. The molecule has 3 aliphatic rings. The van der Waals surface area contributed by atoms with Crippen LogP contribution in [0.5, 0.6) is 0 Å². The van der Waals surface area contributed by atoms with E-state index in [-0.39, 0.29) is 11.6 Å². The summed E-state index contributed by atoms with van der Waals surface area (Å²) in [5, 5.41) is 8.35. The van der Waals surface area contributed by atoms with Crippen LogP contribution in [0.4, 0.5) is 5.69 Å². The summed E-state index contributed by atoms with van der Waals surface area (Å²) < 4.78 is 0. The zero-order valence-corrected chi connectivity index (χ0v) is 21.1. The van der Waals surface area contributed by atoms with E-state index >= 15 is 0 Å². The third kappa shape index (κ3) is 3.59. The van der Waals surface area contributed by atoms with E-state index in [2.05, 4.69) is 131 Å². The number of nitrogens with zero attached hydrogens (tertiary/aromatic N) is 1. The standard InChI is InChI=1S/C32H31N3S/c1-4-12-23(13-5-1)22-35-21-20-32-26-18-10-11-19-27(26)33-31(32)34-28(30(32)35)29(24-14-6-2-7-15-24)36-25-16-8-3-9-17-25/h1-19,28-31,33-34H,20-22H2/t28?,29-,30+,31+,32-/m0/s1. The van der Waals surface area contributed by atoms with E-state index < -0.39 is 0 Å². The molecule has 1 unspecified atom stereocenters. The fourth-order valence-corrected chi connectivity index (χ4v) is 8.19. The summed E-state index contributed by atoms with van der Waals surface area (Å²) in [5.74, 6) is 0. The second-order valence-corrected chi connectivity index (χ2v) is 11.5. The van der Waals surface area contributed by atoms with Crippen molar-refractivity contribution in [3.8, 4) is 0 Å². The minimum absolute atomic E-state index is 0.0698. The molecule has 0 radical (unpaired) electrons. The molecule has 0 amide bonds. The third-order valence-corrected chi connectivity index (χ3v) is 9.73. The summed E-state index contributed by atoms with van der Waals surface area (Å²) in [4.78, 5) is 4.08. The zero-order valence-electron chi connectivity index (χ0n) is 20.3. The van der Waals surface area contributed by atoms with Crippen molar-refractivity contribution < 1.29 is 0 Å². The molecule has 0 aliphatic carbocycles. The van der Waals surface area contributed by atoms with E-state index in [0.29, 0.717) is 17.3 Å². The van der Waals surface area contributed by atoms with Crippen LogP contribution in [-0.2, 0) is 12.0 Å². The number of anilines is 1. The number of nitrogens with one attached hydrogen (secondary N) is 2. The van der Waals surface area contributed by atoms with Crippen LogP contribution in [0.25, 0.3) is 0 Å². The smallest absolute Gasteiger partial charge is 0.0887 e. The van der Waals surface area contributed by atoms with Crippen molar-refractivity contribution in [2.75, 3.05) is 11.9 Å². The highest BCUT2D eigenvalue weighted by atomic mass is 32.2. The van der Waals surface area contributed by atoms with Crippen LogP contribution in [0.2, 0.25) is 0 Å². The van der Waals surface area contributed by atoms with Crippen molar-refractivity contribution in [2.24, 2.45) is 0 Å². The fraction of sp³-hybridized carbons (Fsp3) is 0.250. The maximum atomic E-state index is 4.15. The van der Waals surface area contributed by atoms with Crippen molar-refractivity contribution in [3.63, 3.8) is 0 Å². The summed E-state index contributed by atoms with van der Waals surface area (Å²) in [5.41, 5.74) is 5.64. The average molecular weight is 490 g/mol. The van der Waals surface area contributed by atoms with Gasteiger partial charge < -0.3 is 5.32 Å². The van der Waals surface area contributed by atoms with Gasteiger partial charge in [0.05, 0.1) is 11.4 Å². The SMILES string of the molecule is c1ccc(CN2CC[C@@]34c5ccccc5N[C@@H]3NC([C@@H](Sc3ccccc3)c3ccccc3)[C@@H]24)cc1. The van der Waals surface area contributed by atoms with Gasteiger partial charge in [-0.2, -0.15) is 0 Å². The molecule has 0 saturated carbocycles. The summed E-state index contributed by atoms with van der Waals surface area (Å²) in [6.45, 7) is 2.10. The minimum atomic E-state index is 0.0698. The highest BCUT2D eigenvalue weighted by Gasteiger charge is 2.65. The van der Waals surface area contributed by atoms with Crippen LogP contribution in [0.15, 0.2) is 120 Å². The van der Waals surface area contributed by atoms with Gasteiger partial charge in [0.2, 0.25) is 0 Å². The van der Waals surface area contributed by atoms with E-state index in [1.165, 1.54) is 33.7 Å². The van der Waals surface area contributed by atoms with E-state index in [9.17, 15) is 0 Å². The quantitative estimate of drug-likeness (QED) is 0.304. The zero-order chi connectivity index (χ0) is 24.0. The second kappa shape index (κ2) is 9.11. The molecule has 0 bridgehead atoms. The summed E-state index contributed by atoms with van der Waals surface area (Å²) in [7, 11) is 0. The van der Waals surface area contributed by atoms with Gasteiger partial charge in [0, 0.05) is 34.6 Å². The Balaban J connectivity index is 1.33. The molecule has 2 saturated heterocycles. The first-order valence-corrected chi connectivity index (χ1v) is 13.9. The predicted molar refractivity (Wildman–Crippen MR) is 149 cm³/mol. The molecular weight excluding hydrogens is 458 g/mol. The first-order chi connectivity index (χ1) is 17.8. The van der Waals surface area contributed by atoms with Gasteiger partial charge >= 0.3 is 0 Å². The Bertz CT molecular complexity index is 1330. The number of benzene rings is 4. The number of fused-ring (bicyclic) bond motifs is 1. The number of likely N-dealkylation sites (tertiary alicyclic amines) is 1. The molecule has 3 nitrogen and oxygen atoms in total. The molecule has 7 rings (SSSR count). The number of thioether (sulfide) groups is 1. The van der Waals surface area contributed by atoms with Crippen LogP contribution >= 0.6 is 11.8 Å². The van der Waals surface area contributed by atoms with E-state index in [4.69, 9.17) is 0 Å². The minimum Gasteiger partial charge on any atom is -0.369 e. The lowest BCUT2D eigenvalue weighted by Gasteiger charge is -2.37. The maximum absolute atomic E-state index is 4.15. The van der Waals surface area contributed by atoms with Gasteiger partial charge in [-0.05, 0) is 47.9 Å². The van der Waals surface area contributed by atoms with Crippen molar-refractivity contribution in [1.82, 2.24) is 10.2 Å². The van der Waals surface area contributed by atoms with Gasteiger partial charge in [-0.25, -0.2) is 0 Å². The van der Waals surface area contributed by atoms with E-state index in [1.54, 1.807) is 0 Å². The Morgan fingerprint density at radius 2 is 1.47 bits per heavy atom. The van der Waals surface area contributed by atoms with E-state index in [1.807, 2.05) is 11.8 Å². The Hall–Kier alpha value is -3.05. The van der Waals surface area contributed by atoms with Crippen molar-refractivity contribution >= 4 is 17.4 Å². The van der Waals surface area contributed by atoms with Gasteiger partial charge in [-0.1, -0.05) is 97.1 Å². The van der Waals surface area contributed by atoms with Crippen LogP contribution in [0.1, 0.15) is 28.4 Å². The highest BCUT2D eigenvalue weighted by Crippen LogP contribution is 2.57. The molecule has 3 heterocycles. The van der Waals surface area contributed by atoms with Gasteiger partial charge in [0.15, 0.2) is 0 Å². The molecule has 4 aromatic rings. The lowest BCUT2D eigenvalue weighted by molar-refractivity contribution is 0.197. The first kappa shape index (κ1) is 22.2. The van der Waals surface area contributed by atoms with Gasteiger partial charge in [-0.3, -0.25) is 10.2 Å². The maximum Gasteiger partial charge on any atom is 0.0887 e. The largest absolute Gasteiger partial charge is 0.369 e. The summed E-state index contributed by atoms with van der Waals surface area (Å²) >= 11 is 2.00. The Morgan fingerprint density at radius 3 is 2.25 bits per heavy atom. The molecule has 0 aromatic heterocycles. The summed E-state index contributed by atoms with van der Waals surface area (Å²) in [6, 6.07) is 42.7. The van der Waals surface area contributed by atoms with E-state index in [0.717, 1.165) is 13.1 Å². The predicted octanol–water partition coefficient (Wildman–Crippen LogP) is 6.46. The lowest BCUT2D eigenvalue weighted by atomic mass is 9.73. The number of para-hydroxylation sites is 1. The second-order valence-electron chi connectivity index (χ2n) is 10.3. The Kier molecular flexibility index (Phi) is 5.61. The lowest BCUT2D eigenvalue weighted by Crippen LogP contribution is -2.48. The topological polar surface area (TPSA) is 27.3 Å². The van der Waals surface area contributed by atoms with Crippen LogP contribution in [0.3, 0.4) is 0 Å². The van der Waals surface area contributed by atoms with Crippen molar-refractivity contribution in [1.29, 1.82) is 0 Å². The molecule has 4 aromatic carbocycles. The van der Waals surface area contributed by atoms with Gasteiger partial charge in [-0.15, -0.1) is 11.8 Å². The monoisotopic (exact) mass is 489 g/mol. The van der Waals surface area contributed by atoms with Crippen LogP contribution in [0, 0.1) is 0 Å². The Morgan fingerprint density at radius 1 is 0.806 bits per heavy atom. The molecular formula is C32H31N3S. The first-order valence-electron chi connectivity index (χ1n) is 13.0. The molecule has 4 heteroatoms. The van der Waals surface area contributed by atoms with Crippen LogP contribution in [-0.4, -0.2) is 29.7 Å². The van der Waals surface area contributed by atoms with Gasteiger partial charge in [0.25, 0.3) is 0 Å². The molecule has 3 aliphatic heterocycles.